The minimum atomic E-state index is -4.40. The largest absolute Gasteiger partial charge is 0.591 e. The maximum atomic E-state index is 12.6. The van der Waals surface area contributed by atoms with Gasteiger partial charge in [0, 0.05) is 5.39 Å². The maximum Gasteiger partial charge on any atom is 0.416 e. The molecule has 0 aliphatic rings. The van der Waals surface area contributed by atoms with E-state index in [2.05, 4.69) is 4.40 Å². The first-order valence-corrected chi connectivity index (χ1v) is 7.25. The van der Waals surface area contributed by atoms with E-state index >= 15 is 0 Å². The summed E-state index contributed by atoms with van der Waals surface area (Å²) in [4.78, 5) is 0. The summed E-state index contributed by atoms with van der Waals surface area (Å²) in [6.07, 6.45) is -3.12. The van der Waals surface area contributed by atoms with Crippen molar-refractivity contribution in [3.05, 3.63) is 35.6 Å². The zero-order valence-corrected chi connectivity index (χ0v) is 12.5. The molecule has 3 nitrogen and oxygen atoms in total. The van der Waals surface area contributed by atoms with E-state index in [0.717, 1.165) is 12.1 Å². The molecule has 0 amide bonds. The van der Waals surface area contributed by atoms with Gasteiger partial charge in [-0.05, 0) is 45.0 Å². The zero-order chi connectivity index (χ0) is 15.8. The first kappa shape index (κ1) is 15.9. The first-order chi connectivity index (χ1) is 9.57. The third kappa shape index (κ3) is 3.79. The summed E-state index contributed by atoms with van der Waals surface area (Å²) < 4.78 is 58.3. The fourth-order valence-electron chi connectivity index (χ4n) is 1.56. The quantitative estimate of drug-likeness (QED) is 0.611. The number of hydrogen-bond acceptors (Lipinski definition) is 3. The van der Waals surface area contributed by atoms with Crippen molar-refractivity contribution in [2.24, 2.45) is 4.40 Å². The monoisotopic (exact) mass is 317 g/mol. The molecule has 1 unspecified atom stereocenters. The SMILES string of the molecule is CC(C)(C)[S+]([O-])N=Cc1cc2cc(C(F)(F)F)ccc2o1. The maximum absolute atomic E-state index is 12.6. The molecule has 1 aromatic carbocycles. The van der Waals surface area contributed by atoms with E-state index in [1.54, 1.807) is 20.8 Å². The van der Waals surface area contributed by atoms with Crippen molar-refractivity contribution in [2.45, 2.75) is 31.7 Å². The third-order valence-electron chi connectivity index (χ3n) is 2.66. The number of rotatable bonds is 2. The molecule has 0 aliphatic carbocycles. The number of fused-ring (bicyclic) bond motifs is 1. The fraction of sp³-hybridized carbons (Fsp3) is 0.357. The lowest BCUT2D eigenvalue weighted by atomic mass is 10.1. The fourth-order valence-corrected chi connectivity index (χ4v) is 2.08. The van der Waals surface area contributed by atoms with Gasteiger partial charge in [-0.25, -0.2) is 0 Å². The molecular weight excluding hydrogens is 303 g/mol. The van der Waals surface area contributed by atoms with Crippen LogP contribution in [-0.4, -0.2) is 15.5 Å². The van der Waals surface area contributed by atoms with Crippen molar-refractivity contribution in [3.8, 4) is 0 Å². The number of hydrogen-bond donors (Lipinski definition) is 0. The Hall–Kier alpha value is -1.47. The van der Waals surface area contributed by atoms with E-state index in [4.69, 9.17) is 4.42 Å². The van der Waals surface area contributed by atoms with Crippen LogP contribution >= 0.6 is 0 Å². The molecule has 0 fully saturated rings. The van der Waals surface area contributed by atoms with Crippen LogP contribution in [0, 0.1) is 0 Å². The highest BCUT2D eigenvalue weighted by Crippen LogP contribution is 2.32. The van der Waals surface area contributed by atoms with Gasteiger partial charge in [0.05, 0.1) is 5.56 Å². The first-order valence-electron chi connectivity index (χ1n) is 6.14. The molecule has 21 heavy (non-hydrogen) atoms. The van der Waals surface area contributed by atoms with E-state index in [1.807, 2.05) is 0 Å². The second kappa shape index (κ2) is 5.38. The highest BCUT2D eigenvalue weighted by molar-refractivity contribution is 7.91. The Morgan fingerprint density at radius 2 is 1.86 bits per heavy atom. The van der Waals surface area contributed by atoms with Gasteiger partial charge in [-0.3, -0.25) is 0 Å². The summed E-state index contributed by atoms with van der Waals surface area (Å²) in [7, 11) is 0. The Morgan fingerprint density at radius 3 is 2.43 bits per heavy atom. The summed E-state index contributed by atoms with van der Waals surface area (Å²) in [5, 5.41) is 0.327. The van der Waals surface area contributed by atoms with Gasteiger partial charge >= 0.3 is 6.18 Å². The molecule has 2 aromatic rings. The average Bonchev–Trinajstić information content (AvgIpc) is 2.75. The molecule has 0 bridgehead atoms. The lowest BCUT2D eigenvalue weighted by molar-refractivity contribution is -0.137. The van der Waals surface area contributed by atoms with E-state index in [-0.39, 0.29) is 5.76 Å². The minimum Gasteiger partial charge on any atom is -0.591 e. The normalized spacial score (nSPS) is 15.0. The van der Waals surface area contributed by atoms with Crippen LogP contribution in [0.3, 0.4) is 0 Å². The smallest absolute Gasteiger partial charge is 0.416 e. The molecule has 7 heteroatoms. The topological polar surface area (TPSA) is 48.6 Å². The Kier molecular flexibility index (Phi) is 4.08. The van der Waals surface area contributed by atoms with Gasteiger partial charge in [0.25, 0.3) is 0 Å². The molecule has 1 heterocycles. The van der Waals surface area contributed by atoms with Crippen LogP contribution in [-0.2, 0) is 17.5 Å². The van der Waals surface area contributed by atoms with Crippen molar-refractivity contribution in [1.29, 1.82) is 0 Å². The van der Waals surface area contributed by atoms with Crippen LogP contribution in [0.4, 0.5) is 13.2 Å². The summed E-state index contributed by atoms with van der Waals surface area (Å²) >= 11 is -1.45. The van der Waals surface area contributed by atoms with E-state index in [1.165, 1.54) is 18.3 Å². The highest BCUT2D eigenvalue weighted by atomic mass is 32.2. The van der Waals surface area contributed by atoms with Crippen molar-refractivity contribution >= 4 is 28.5 Å². The van der Waals surface area contributed by atoms with Crippen LogP contribution in [0.5, 0.6) is 0 Å². The van der Waals surface area contributed by atoms with Crippen LogP contribution < -0.4 is 0 Å². The molecule has 0 radical (unpaired) electrons. The third-order valence-corrected chi connectivity index (χ3v) is 4.01. The van der Waals surface area contributed by atoms with Crippen LogP contribution in [0.2, 0.25) is 0 Å². The van der Waals surface area contributed by atoms with Crippen molar-refractivity contribution < 1.29 is 22.1 Å². The molecule has 0 aliphatic heterocycles. The van der Waals surface area contributed by atoms with E-state index < -0.39 is 27.8 Å². The average molecular weight is 317 g/mol. The highest BCUT2D eigenvalue weighted by Gasteiger charge is 2.30. The number of nitrogens with zero attached hydrogens (tertiary/aromatic N) is 1. The van der Waals surface area contributed by atoms with Gasteiger partial charge in [-0.1, -0.05) is 4.40 Å². The molecule has 0 saturated carbocycles. The van der Waals surface area contributed by atoms with Crippen LogP contribution in [0.15, 0.2) is 33.1 Å². The molecule has 2 rings (SSSR count). The second-order valence-electron chi connectivity index (χ2n) is 5.50. The van der Waals surface area contributed by atoms with Crippen LogP contribution in [0.1, 0.15) is 32.1 Å². The van der Waals surface area contributed by atoms with E-state index in [0.29, 0.717) is 11.0 Å². The lowest BCUT2D eigenvalue weighted by Crippen LogP contribution is -2.25. The van der Waals surface area contributed by atoms with E-state index in [9.17, 15) is 17.7 Å². The summed E-state index contributed by atoms with van der Waals surface area (Å²) in [6.45, 7) is 5.32. The Labute approximate surface area is 123 Å². The predicted octanol–water partition coefficient (Wildman–Crippen LogP) is 4.33. The summed E-state index contributed by atoms with van der Waals surface area (Å²) in [5.41, 5.74) is -0.413. The molecule has 114 valence electrons. The predicted molar refractivity (Wildman–Crippen MR) is 76.7 cm³/mol. The standard InChI is InChI=1S/C14H14F3NO2S/c1-13(2,3)21(19)18-8-11-7-9-6-10(14(15,16)17)4-5-12(9)20-11/h4-8H,1-3H3. The lowest BCUT2D eigenvalue weighted by Gasteiger charge is -2.17. The Balaban J connectivity index is 2.30. The zero-order valence-electron chi connectivity index (χ0n) is 11.7. The van der Waals surface area contributed by atoms with Gasteiger partial charge in [0.15, 0.2) is 5.76 Å². The second-order valence-corrected chi connectivity index (χ2v) is 7.43. The summed E-state index contributed by atoms with van der Waals surface area (Å²) in [5.74, 6) is 0.266. The minimum absolute atomic E-state index is 0.266. The van der Waals surface area contributed by atoms with Gasteiger partial charge in [-0.15, -0.1) is 0 Å². The van der Waals surface area contributed by atoms with Gasteiger partial charge in [0.2, 0.25) is 0 Å². The Bertz CT molecular complexity index is 671. The summed E-state index contributed by atoms with van der Waals surface area (Å²) in [6, 6.07) is 4.67. The molecule has 1 aromatic heterocycles. The van der Waals surface area contributed by atoms with Gasteiger partial charge in [0.1, 0.15) is 27.9 Å². The molecular formula is C14H14F3NO2S. The van der Waals surface area contributed by atoms with Gasteiger partial charge in [-0.2, -0.15) is 13.2 Å². The molecule has 1 atom stereocenters. The van der Waals surface area contributed by atoms with Crippen LogP contribution in [0.25, 0.3) is 11.0 Å². The molecule has 0 spiro atoms. The molecule has 0 N–H and O–H groups in total. The number of furan rings is 1. The van der Waals surface area contributed by atoms with Crippen molar-refractivity contribution in [3.63, 3.8) is 0 Å². The van der Waals surface area contributed by atoms with Gasteiger partial charge < -0.3 is 8.97 Å². The van der Waals surface area contributed by atoms with Crippen molar-refractivity contribution in [1.82, 2.24) is 0 Å². The molecule has 0 saturated heterocycles. The number of alkyl halides is 3. The van der Waals surface area contributed by atoms with Crippen molar-refractivity contribution in [2.75, 3.05) is 0 Å². The Morgan fingerprint density at radius 1 is 1.19 bits per heavy atom. The number of halogens is 3. The number of benzene rings is 1.